The zero-order chi connectivity index (χ0) is 13.8. The van der Waals surface area contributed by atoms with Crippen LogP contribution in [0.3, 0.4) is 0 Å². The van der Waals surface area contributed by atoms with Gasteiger partial charge in [-0.25, -0.2) is 0 Å². The average molecular weight is 268 g/mol. The predicted octanol–water partition coefficient (Wildman–Crippen LogP) is 1.95. The molecule has 2 fully saturated rings. The molecule has 2 rings (SSSR count). The summed E-state index contributed by atoms with van der Waals surface area (Å²) in [5, 5.41) is 13.0. The minimum absolute atomic E-state index is 0.202. The summed E-state index contributed by atoms with van der Waals surface area (Å²) in [5.74, 6) is -0.238. The van der Waals surface area contributed by atoms with E-state index in [1.54, 1.807) is 0 Å². The van der Waals surface area contributed by atoms with Crippen molar-refractivity contribution in [2.24, 2.45) is 11.8 Å². The van der Waals surface area contributed by atoms with E-state index in [9.17, 15) is 9.90 Å². The fourth-order valence-corrected chi connectivity index (χ4v) is 3.58. The van der Waals surface area contributed by atoms with Crippen LogP contribution >= 0.6 is 0 Å². The lowest BCUT2D eigenvalue weighted by atomic mass is 9.93. The van der Waals surface area contributed by atoms with Gasteiger partial charge in [0.2, 0.25) is 0 Å². The summed E-state index contributed by atoms with van der Waals surface area (Å²) >= 11 is 0. The summed E-state index contributed by atoms with van der Waals surface area (Å²) < 4.78 is 0. The molecule has 2 aliphatic rings. The molecule has 1 heterocycles. The summed E-state index contributed by atoms with van der Waals surface area (Å²) in [6, 6.07) is 0.982. The lowest BCUT2D eigenvalue weighted by Gasteiger charge is -2.38. The molecule has 4 nitrogen and oxygen atoms in total. The molecule has 0 bridgehead atoms. The Kier molecular flexibility index (Phi) is 5.22. The van der Waals surface area contributed by atoms with Crippen LogP contribution < -0.4 is 5.32 Å². The molecule has 2 unspecified atom stereocenters. The maximum Gasteiger partial charge on any atom is 0.307 e. The van der Waals surface area contributed by atoms with Crippen molar-refractivity contribution >= 4 is 5.97 Å². The van der Waals surface area contributed by atoms with Crippen molar-refractivity contribution in [3.63, 3.8) is 0 Å². The highest BCUT2D eigenvalue weighted by atomic mass is 16.4. The summed E-state index contributed by atoms with van der Waals surface area (Å²) in [7, 11) is 0. The molecule has 0 radical (unpaired) electrons. The van der Waals surface area contributed by atoms with E-state index in [0.717, 1.165) is 26.1 Å². The predicted molar refractivity (Wildman–Crippen MR) is 76.2 cm³/mol. The number of hydrogen-bond donors (Lipinski definition) is 2. The van der Waals surface area contributed by atoms with E-state index in [-0.39, 0.29) is 5.92 Å². The third-order valence-corrected chi connectivity index (χ3v) is 4.33. The lowest BCUT2D eigenvalue weighted by Crippen LogP contribution is -2.53. The summed E-state index contributed by atoms with van der Waals surface area (Å²) in [5.41, 5.74) is 0. The van der Waals surface area contributed by atoms with E-state index < -0.39 is 5.97 Å². The third-order valence-electron chi connectivity index (χ3n) is 4.33. The molecule has 2 atom stereocenters. The normalized spacial score (nSPS) is 30.1. The first-order valence-electron chi connectivity index (χ1n) is 7.75. The average Bonchev–Trinajstić information content (AvgIpc) is 2.80. The standard InChI is InChI=1S/C15H28N2O2/c1-11(2)8-17-9-12(15(18)19)7-14(10-17)16-13-5-3-4-6-13/h11-14,16H,3-10H2,1-2H3,(H,18,19). The highest BCUT2D eigenvalue weighted by Crippen LogP contribution is 2.23. The van der Waals surface area contributed by atoms with Gasteiger partial charge in [0.25, 0.3) is 0 Å². The van der Waals surface area contributed by atoms with Gasteiger partial charge in [0.1, 0.15) is 0 Å². The number of aliphatic carboxylic acids is 1. The van der Waals surface area contributed by atoms with Crippen molar-refractivity contribution in [3.05, 3.63) is 0 Å². The van der Waals surface area contributed by atoms with Crippen molar-refractivity contribution in [1.82, 2.24) is 10.2 Å². The third kappa shape index (κ3) is 4.46. The molecule has 4 heteroatoms. The van der Waals surface area contributed by atoms with Gasteiger partial charge in [-0.15, -0.1) is 0 Å². The van der Waals surface area contributed by atoms with Gasteiger partial charge < -0.3 is 15.3 Å². The molecule has 0 spiro atoms. The van der Waals surface area contributed by atoms with E-state index >= 15 is 0 Å². The van der Waals surface area contributed by atoms with E-state index in [4.69, 9.17) is 0 Å². The van der Waals surface area contributed by atoms with E-state index in [2.05, 4.69) is 24.1 Å². The first-order chi connectivity index (χ1) is 9.04. The van der Waals surface area contributed by atoms with Crippen LogP contribution in [-0.2, 0) is 4.79 Å². The first-order valence-corrected chi connectivity index (χ1v) is 7.75. The Labute approximate surface area is 116 Å². The smallest absolute Gasteiger partial charge is 0.307 e. The van der Waals surface area contributed by atoms with Crippen molar-refractivity contribution in [3.8, 4) is 0 Å². The monoisotopic (exact) mass is 268 g/mol. The van der Waals surface area contributed by atoms with Gasteiger partial charge in [0.15, 0.2) is 0 Å². The number of carboxylic acids is 1. The van der Waals surface area contributed by atoms with Gasteiger partial charge in [-0.2, -0.15) is 0 Å². The van der Waals surface area contributed by atoms with Gasteiger partial charge in [-0.3, -0.25) is 4.79 Å². The van der Waals surface area contributed by atoms with Crippen molar-refractivity contribution in [2.75, 3.05) is 19.6 Å². The fraction of sp³-hybridized carbons (Fsp3) is 0.933. The molecule has 0 aromatic heterocycles. The summed E-state index contributed by atoms with van der Waals surface area (Å²) in [6.07, 6.45) is 5.96. The molecule has 1 aliphatic heterocycles. The number of rotatable bonds is 5. The SMILES string of the molecule is CC(C)CN1CC(NC2CCCC2)CC(C(=O)O)C1. The first kappa shape index (κ1) is 14.8. The number of nitrogens with zero attached hydrogens (tertiary/aromatic N) is 1. The highest BCUT2D eigenvalue weighted by molar-refractivity contribution is 5.70. The maximum absolute atomic E-state index is 11.3. The van der Waals surface area contributed by atoms with Gasteiger partial charge in [0, 0.05) is 31.7 Å². The zero-order valence-corrected chi connectivity index (χ0v) is 12.3. The molecule has 0 amide bonds. The Morgan fingerprint density at radius 3 is 2.53 bits per heavy atom. The van der Waals surface area contributed by atoms with Crippen LogP contribution in [0.25, 0.3) is 0 Å². The second-order valence-corrected chi connectivity index (χ2v) is 6.73. The minimum atomic E-state index is -0.633. The lowest BCUT2D eigenvalue weighted by molar-refractivity contribution is -0.144. The van der Waals surface area contributed by atoms with Crippen LogP contribution in [0.4, 0.5) is 0 Å². The summed E-state index contributed by atoms with van der Waals surface area (Å²) in [6.45, 7) is 7.13. The minimum Gasteiger partial charge on any atom is -0.481 e. The van der Waals surface area contributed by atoms with E-state index in [0.29, 0.717) is 18.0 Å². The molecular weight excluding hydrogens is 240 g/mol. The molecular formula is C15H28N2O2. The number of carbonyl (C=O) groups is 1. The fourth-order valence-electron chi connectivity index (χ4n) is 3.58. The summed E-state index contributed by atoms with van der Waals surface area (Å²) in [4.78, 5) is 13.6. The Morgan fingerprint density at radius 1 is 1.26 bits per heavy atom. The van der Waals surface area contributed by atoms with Gasteiger partial charge in [0.05, 0.1) is 5.92 Å². The molecule has 0 aromatic carbocycles. The number of likely N-dealkylation sites (tertiary alicyclic amines) is 1. The van der Waals surface area contributed by atoms with E-state index in [1.807, 2.05) is 0 Å². The van der Waals surface area contributed by atoms with E-state index in [1.165, 1.54) is 25.7 Å². The largest absolute Gasteiger partial charge is 0.481 e. The maximum atomic E-state index is 11.3. The highest BCUT2D eigenvalue weighted by Gasteiger charge is 2.32. The molecule has 1 saturated carbocycles. The van der Waals surface area contributed by atoms with Crippen molar-refractivity contribution in [1.29, 1.82) is 0 Å². The molecule has 1 saturated heterocycles. The molecule has 1 aliphatic carbocycles. The number of piperidine rings is 1. The van der Waals surface area contributed by atoms with Crippen molar-refractivity contribution in [2.45, 2.75) is 58.0 Å². The van der Waals surface area contributed by atoms with Crippen LogP contribution in [0.15, 0.2) is 0 Å². The zero-order valence-electron chi connectivity index (χ0n) is 12.3. The Bertz CT molecular complexity index is 301. The molecule has 2 N–H and O–H groups in total. The second kappa shape index (κ2) is 6.71. The number of carboxylic acid groups (broad SMARTS) is 1. The van der Waals surface area contributed by atoms with Crippen LogP contribution in [0.5, 0.6) is 0 Å². The van der Waals surface area contributed by atoms with Crippen LogP contribution in [0, 0.1) is 11.8 Å². The second-order valence-electron chi connectivity index (χ2n) is 6.73. The quantitative estimate of drug-likeness (QED) is 0.800. The van der Waals surface area contributed by atoms with Gasteiger partial charge >= 0.3 is 5.97 Å². The topological polar surface area (TPSA) is 52.6 Å². The van der Waals surface area contributed by atoms with Crippen molar-refractivity contribution < 1.29 is 9.90 Å². The Morgan fingerprint density at radius 2 is 1.95 bits per heavy atom. The Balaban J connectivity index is 1.91. The van der Waals surface area contributed by atoms with Gasteiger partial charge in [-0.05, 0) is 25.2 Å². The van der Waals surface area contributed by atoms with Gasteiger partial charge in [-0.1, -0.05) is 26.7 Å². The van der Waals surface area contributed by atoms with Crippen LogP contribution in [0.2, 0.25) is 0 Å². The number of nitrogens with one attached hydrogen (secondary N) is 1. The van der Waals surface area contributed by atoms with Crippen LogP contribution in [-0.4, -0.2) is 47.7 Å². The molecule has 110 valence electrons. The Hall–Kier alpha value is -0.610. The molecule has 19 heavy (non-hydrogen) atoms. The molecule has 0 aromatic rings. The number of hydrogen-bond acceptors (Lipinski definition) is 3. The van der Waals surface area contributed by atoms with Crippen LogP contribution in [0.1, 0.15) is 46.0 Å².